The first kappa shape index (κ1) is 12.0. The second-order valence-corrected chi connectivity index (χ2v) is 4.36. The molecule has 0 aliphatic heterocycles. The van der Waals surface area contributed by atoms with E-state index in [1.165, 1.54) is 25.3 Å². The van der Waals surface area contributed by atoms with Crippen molar-refractivity contribution < 1.29 is 18.3 Å². The van der Waals surface area contributed by atoms with Gasteiger partial charge in [0, 0.05) is 5.56 Å². The first-order chi connectivity index (χ1) is 8.13. The van der Waals surface area contributed by atoms with Crippen molar-refractivity contribution in [1.82, 2.24) is 0 Å². The van der Waals surface area contributed by atoms with Gasteiger partial charge < -0.3 is 4.74 Å². The molecule has 0 spiro atoms. The van der Waals surface area contributed by atoms with Crippen molar-refractivity contribution in [3.8, 4) is 0 Å². The monoisotopic (exact) mass is 240 g/mol. The molecule has 2 nitrogen and oxygen atoms in total. The van der Waals surface area contributed by atoms with Gasteiger partial charge in [0.25, 0.3) is 0 Å². The Morgan fingerprint density at radius 2 is 2.06 bits per heavy atom. The molecule has 1 aromatic rings. The highest BCUT2D eigenvalue weighted by molar-refractivity contribution is 5.75. The van der Waals surface area contributed by atoms with Crippen molar-refractivity contribution in [2.24, 2.45) is 11.8 Å². The fourth-order valence-electron chi connectivity index (χ4n) is 2.11. The summed E-state index contributed by atoms with van der Waals surface area (Å²) in [5.41, 5.74) is 0.114. The van der Waals surface area contributed by atoms with E-state index in [1.807, 2.05) is 0 Å². The van der Waals surface area contributed by atoms with Gasteiger partial charge in [-0.3, -0.25) is 4.79 Å². The lowest BCUT2D eigenvalue weighted by atomic mass is 10.1. The number of rotatable bonds is 4. The Labute approximate surface area is 98.6 Å². The standard InChI is InChI=1S/C13H14F2O2/c1-17-13(16)10-7-8(10)5-6-9-11(14)3-2-4-12(9)15/h2-4,8,10H,5-7H2,1H3. The zero-order valence-electron chi connectivity index (χ0n) is 9.58. The van der Waals surface area contributed by atoms with E-state index in [1.54, 1.807) is 0 Å². The topological polar surface area (TPSA) is 26.3 Å². The fourth-order valence-corrected chi connectivity index (χ4v) is 2.11. The number of benzene rings is 1. The van der Waals surface area contributed by atoms with E-state index >= 15 is 0 Å². The van der Waals surface area contributed by atoms with E-state index < -0.39 is 11.6 Å². The number of methoxy groups -OCH3 is 1. The molecule has 2 atom stereocenters. The van der Waals surface area contributed by atoms with E-state index in [9.17, 15) is 13.6 Å². The first-order valence-corrected chi connectivity index (χ1v) is 5.64. The molecule has 0 amide bonds. The smallest absolute Gasteiger partial charge is 0.308 e. The Morgan fingerprint density at radius 1 is 1.41 bits per heavy atom. The maximum Gasteiger partial charge on any atom is 0.308 e. The van der Waals surface area contributed by atoms with Gasteiger partial charge in [0.05, 0.1) is 13.0 Å². The first-order valence-electron chi connectivity index (χ1n) is 5.64. The van der Waals surface area contributed by atoms with Crippen LogP contribution < -0.4 is 0 Å². The number of carbonyl (C=O) groups excluding carboxylic acids is 1. The van der Waals surface area contributed by atoms with Crippen LogP contribution in [0.25, 0.3) is 0 Å². The minimum absolute atomic E-state index is 0.0742. The zero-order chi connectivity index (χ0) is 12.4. The van der Waals surface area contributed by atoms with Crippen molar-refractivity contribution in [3.05, 3.63) is 35.4 Å². The lowest BCUT2D eigenvalue weighted by Gasteiger charge is -2.04. The average Bonchev–Trinajstić information content (AvgIpc) is 3.07. The van der Waals surface area contributed by atoms with Gasteiger partial charge in [-0.25, -0.2) is 8.78 Å². The van der Waals surface area contributed by atoms with E-state index in [0.717, 1.165) is 6.42 Å². The molecule has 4 heteroatoms. The van der Waals surface area contributed by atoms with Crippen LogP contribution in [0.5, 0.6) is 0 Å². The molecule has 1 aliphatic carbocycles. The summed E-state index contributed by atoms with van der Waals surface area (Å²) in [6, 6.07) is 3.86. The summed E-state index contributed by atoms with van der Waals surface area (Å²) in [6.07, 6.45) is 1.72. The van der Waals surface area contributed by atoms with Gasteiger partial charge in [-0.2, -0.15) is 0 Å². The van der Waals surface area contributed by atoms with Crippen LogP contribution >= 0.6 is 0 Å². The summed E-state index contributed by atoms with van der Waals surface area (Å²) in [6.45, 7) is 0. The highest BCUT2D eigenvalue weighted by Gasteiger charge is 2.43. The van der Waals surface area contributed by atoms with Crippen LogP contribution in [0.3, 0.4) is 0 Å². The molecule has 2 unspecified atom stereocenters. The fraction of sp³-hybridized carbons (Fsp3) is 0.462. The normalized spacial score (nSPS) is 22.3. The van der Waals surface area contributed by atoms with Crippen LogP contribution in [-0.2, 0) is 16.0 Å². The number of hydrogen-bond acceptors (Lipinski definition) is 2. The molecular formula is C13H14F2O2. The van der Waals surface area contributed by atoms with E-state index in [4.69, 9.17) is 0 Å². The van der Waals surface area contributed by atoms with Crippen molar-refractivity contribution in [2.45, 2.75) is 19.3 Å². The zero-order valence-corrected chi connectivity index (χ0v) is 9.58. The second-order valence-electron chi connectivity index (χ2n) is 4.36. The lowest BCUT2D eigenvalue weighted by Crippen LogP contribution is -2.05. The summed E-state index contributed by atoms with van der Waals surface area (Å²) >= 11 is 0. The number of ether oxygens (including phenoxy) is 1. The Bertz CT molecular complexity index is 411. The van der Waals surface area contributed by atoms with Crippen molar-refractivity contribution in [2.75, 3.05) is 7.11 Å². The minimum atomic E-state index is -0.514. The SMILES string of the molecule is COC(=O)C1CC1CCc1c(F)cccc1F. The van der Waals surface area contributed by atoms with Crippen LogP contribution in [0.15, 0.2) is 18.2 Å². The van der Waals surface area contributed by atoms with Crippen molar-refractivity contribution >= 4 is 5.97 Å². The van der Waals surface area contributed by atoms with Gasteiger partial charge in [0.15, 0.2) is 0 Å². The largest absolute Gasteiger partial charge is 0.469 e. The molecule has 1 aliphatic rings. The third-order valence-corrected chi connectivity index (χ3v) is 3.25. The molecule has 0 aromatic heterocycles. The summed E-state index contributed by atoms with van der Waals surface area (Å²) < 4.78 is 31.2. The van der Waals surface area contributed by atoms with Crippen LogP contribution in [0.2, 0.25) is 0 Å². The maximum atomic E-state index is 13.3. The Balaban J connectivity index is 1.90. The van der Waals surface area contributed by atoms with Crippen LogP contribution in [0.4, 0.5) is 8.78 Å². The molecule has 0 bridgehead atoms. The molecule has 0 radical (unpaired) electrons. The molecule has 1 fully saturated rings. The van der Waals surface area contributed by atoms with Gasteiger partial charge in [0.1, 0.15) is 11.6 Å². The van der Waals surface area contributed by atoms with Crippen LogP contribution in [0, 0.1) is 23.5 Å². The van der Waals surface area contributed by atoms with E-state index in [-0.39, 0.29) is 23.4 Å². The van der Waals surface area contributed by atoms with Crippen LogP contribution in [-0.4, -0.2) is 13.1 Å². The second kappa shape index (κ2) is 4.82. The molecule has 0 N–H and O–H groups in total. The van der Waals surface area contributed by atoms with Gasteiger partial charge in [-0.1, -0.05) is 6.07 Å². The highest BCUT2D eigenvalue weighted by atomic mass is 19.1. The lowest BCUT2D eigenvalue weighted by molar-refractivity contribution is -0.142. The van der Waals surface area contributed by atoms with Crippen molar-refractivity contribution in [3.63, 3.8) is 0 Å². The highest BCUT2D eigenvalue weighted by Crippen LogP contribution is 2.42. The molecule has 17 heavy (non-hydrogen) atoms. The summed E-state index contributed by atoms with van der Waals surface area (Å²) in [7, 11) is 1.36. The van der Waals surface area contributed by atoms with Crippen LogP contribution in [0.1, 0.15) is 18.4 Å². The predicted octanol–water partition coefficient (Wildman–Crippen LogP) is 2.71. The van der Waals surface area contributed by atoms with E-state index in [2.05, 4.69) is 4.74 Å². The number of halogens is 2. The predicted molar refractivity (Wildman–Crippen MR) is 58.3 cm³/mol. The van der Waals surface area contributed by atoms with Gasteiger partial charge >= 0.3 is 5.97 Å². The summed E-state index contributed by atoms with van der Waals surface area (Å²) in [4.78, 5) is 11.2. The van der Waals surface area contributed by atoms with Crippen molar-refractivity contribution in [1.29, 1.82) is 0 Å². The third-order valence-electron chi connectivity index (χ3n) is 3.25. The quantitative estimate of drug-likeness (QED) is 0.756. The number of hydrogen-bond donors (Lipinski definition) is 0. The third kappa shape index (κ3) is 2.62. The molecule has 92 valence electrons. The van der Waals surface area contributed by atoms with Gasteiger partial charge in [0.2, 0.25) is 0 Å². The summed E-state index contributed by atoms with van der Waals surface area (Å²) in [5, 5.41) is 0. The molecule has 0 heterocycles. The average molecular weight is 240 g/mol. The van der Waals surface area contributed by atoms with Gasteiger partial charge in [-0.15, -0.1) is 0 Å². The summed E-state index contributed by atoms with van der Waals surface area (Å²) in [5.74, 6) is -1.11. The molecule has 1 aromatic carbocycles. The minimum Gasteiger partial charge on any atom is -0.469 e. The molecule has 0 saturated heterocycles. The number of carbonyl (C=O) groups is 1. The van der Waals surface area contributed by atoms with E-state index in [0.29, 0.717) is 12.8 Å². The Morgan fingerprint density at radius 3 is 2.65 bits per heavy atom. The Hall–Kier alpha value is -1.45. The molecular weight excluding hydrogens is 226 g/mol. The molecule has 2 rings (SSSR count). The maximum absolute atomic E-state index is 13.3. The number of esters is 1. The Kier molecular flexibility index (Phi) is 3.41. The molecule has 1 saturated carbocycles. The van der Waals surface area contributed by atoms with Gasteiger partial charge in [-0.05, 0) is 37.3 Å².